The molecule has 0 rings (SSSR count). The zero-order valence-corrected chi connectivity index (χ0v) is 10.1. The van der Waals surface area contributed by atoms with Crippen molar-refractivity contribution < 1.29 is 0 Å². The van der Waals surface area contributed by atoms with Crippen molar-refractivity contribution in [2.24, 2.45) is 11.8 Å². The third-order valence-electron chi connectivity index (χ3n) is 2.85. The smallest absolute Gasteiger partial charge is 0.0246 e. The van der Waals surface area contributed by atoms with E-state index in [1.807, 2.05) is 7.05 Å². The van der Waals surface area contributed by atoms with E-state index in [0.29, 0.717) is 0 Å². The summed E-state index contributed by atoms with van der Waals surface area (Å²) in [5, 5.41) is 6.78. The molecule has 0 aliphatic rings. The molecule has 0 aromatic heterocycles. The normalized spacial score (nSPS) is 15.0. The zero-order valence-electron chi connectivity index (χ0n) is 10.1. The summed E-state index contributed by atoms with van der Waals surface area (Å²) in [4.78, 5) is 0. The molecule has 13 heavy (non-hydrogen) atoms. The first-order chi connectivity index (χ1) is 5.89. The predicted molar refractivity (Wildman–Crippen MR) is 60.0 cm³/mol. The Hall–Kier alpha value is -0.0800. The van der Waals surface area contributed by atoms with Crippen LogP contribution in [0.3, 0.4) is 0 Å². The molecule has 2 nitrogen and oxygen atoms in total. The minimum Gasteiger partial charge on any atom is -0.315 e. The van der Waals surface area contributed by atoms with Crippen molar-refractivity contribution in [2.45, 2.75) is 40.2 Å². The Kier molecular flexibility index (Phi) is 5.57. The summed E-state index contributed by atoms with van der Waals surface area (Å²) >= 11 is 0. The van der Waals surface area contributed by atoms with Gasteiger partial charge in [-0.25, -0.2) is 0 Å². The van der Waals surface area contributed by atoms with Gasteiger partial charge in [0.25, 0.3) is 0 Å². The van der Waals surface area contributed by atoms with E-state index < -0.39 is 0 Å². The molecular formula is C11H26N2. The maximum absolute atomic E-state index is 3.50. The number of hydrogen-bond donors (Lipinski definition) is 2. The Balaban J connectivity index is 3.56. The lowest BCUT2D eigenvalue weighted by atomic mass is 9.97. The molecule has 0 amide bonds. The van der Waals surface area contributed by atoms with Crippen molar-refractivity contribution in [1.82, 2.24) is 10.6 Å². The summed E-state index contributed by atoms with van der Waals surface area (Å²) in [5.41, 5.74) is 0.205. The molecule has 0 aliphatic carbocycles. The lowest BCUT2D eigenvalue weighted by Crippen LogP contribution is -2.46. The fraction of sp³-hybridized carbons (Fsp3) is 1.00. The van der Waals surface area contributed by atoms with Crippen LogP contribution in [-0.2, 0) is 0 Å². The second-order valence-electron chi connectivity index (χ2n) is 4.99. The maximum atomic E-state index is 3.50. The summed E-state index contributed by atoms with van der Waals surface area (Å²) in [5.74, 6) is 1.53. The van der Waals surface area contributed by atoms with Crippen LogP contribution in [0, 0.1) is 11.8 Å². The van der Waals surface area contributed by atoms with E-state index in [0.717, 1.165) is 24.9 Å². The van der Waals surface area contributed by atoms with Crippen molar-refractivity contribution in [3.63, 3.8) is 0 Å². The third-order valence-corrected chi connectivity index (χ3v) is 2.85. The van der Waals surface area contributed by atoms with Crippen LogP contribution in [0.2, 0.25) is 0 Å². The lowest BCUT2D eigenvalue weighted by molar-refractivity contribution is 0.345. The minimum atomic E-state index is 0.205. The molecular weight excluding hydrogens is 160 g/mol. The SMILES string of the molecule is CNC(C)(C)CNCC(C)C(C)C. The van der Waals surface area contributed by atoms with E-state index in [9.17, 15) is 0 Å². The van der Waals surface area contributed by atoms with Crippen molar-refractivity contribution >= 4 is 0 Å². The molecule has 0 saturated heterocycles. The monoisotopic (exact) mass is 186 g/mol. The van der Waals surface area contributed by atoms with Gasteiger partial charge in [-0.1, -0.05) is 20.8 Å². The van der Waals surface area contributed by atoms with E-state index in [1.54, 1.807) is 0 Å². The standard InChI is InChI=1S/C11H26N2/c1-9(2)10(3)7-13-8-11(4,5)12-6/h9-10,12-13H,7-8H2,1-6H3. The van der Waals surface area contributed by atoms with Gasteiger partial charge in [0.05, 0.1) is 0 Å². The van der Waals surface area contributed by atoms with Gasteiger partial charge in [0, 0.05) is 12.1 Å². The third kappa shape index (κ3) is 6.05. The van der Waals surface area contributed by atoms with Crippen LogP contribution in [0.1, 0.15) is 34.6 Å². The fourth-order valence-electron chi connectivity index (χ4n) is 0.936. The molecule has 80 valence electrons. The van der Waals surface area contributed by atoms with Crippen molar-refractivity contribution in [2.75, 3.05) is 20.1 Å². The Morgan fingerprint density at radius 2 is 1.69 bits per heavy atom. The van der Waals surface area contributed by atoms with Gasteiger partial charge in [0.15, 0.2) is 0 Å². The first-order valence-electron chi connectivity index (χ1n) is 5.28. The molecule has 0 radical (unpaired) electrons. The second-order valence-corrected chi connectivity index (χ2v) is 4.99. The molecule has 0 bridgehead atoms. The molecule has 1 unspecified atom stereocenters. The van der Waals surface area contributed by atoms with E-state index >= 15 is 0 Å². The first-order valence-corrected chi connectivity index (χ1v) is 5.28. The lowest BCUT2D eigenvalue weighted by Gasteiger charge is -2.26. The van der Waals surface area contributed by atoms with Gasteiger partial charge < -0.3 is 10.6 Å². The molecule has 1 atom stereocenters. The number of rotatable bonds is 6. The van der Waals surface area contributed by atoms with Gasteiger partial charge in [-0.3, -0.25) is 0 Å². The maximum Gasteiger partial charge on any atom is 0.0246 e. The topological polar surface area (TPSA) is 24.1 Å². The minimum absolute atomic E-state index is 0.205. The largest absolute Gasteiger partial charge is 0.315 e. The zero-order chi connectivity index (χ0) is 10.5. The van der Waals surface area contributed by atoms with E-state index in [-0.39, 0.29) is 5.54 Å². The van der Waals surface area contributed by atoms with Gasteiger partial charge in [0.2, 0.25) is 0 Å². The molecule has 0 spiro atoms. The first kappa shape index (κ1) is 12.9. The van der Waals surface area contributed by atoms with Crippen LogP contribution in [0.25, 0.3) is 0 Å². The van der Waals surface area contributed by atoms with E-state index in [2.05, 4.69) is 45.3 Å². The van der Waals surface area contributed by atoms with Gasteiger partial charge >= 0.3 is 0 Å². The molecule has 0 aliphatic heterocycles. The van der Waals surface area contributed by atoms with Gasteiger partial charge in [-0.15, -0.1) is 0 Å². The van der Waals surface area contributed by atoms with Gasteiger partial charge in [0.1, 0.15) is 0 Å². The fourth-order valence-corrected chi connectivity index (χ4v) is 0.936. The summed E-state index contributed by atoms with van der Waals surface area (Å²) in [7, 11) is 2.01. The molecule has 0 saturated carbocycles. The highest BCUT2D eigenvalue weighted by Crippen LogP contribution is 2.08. The summed E-state index contributed by atoms with van der Waals surface area (Å²) in [6.45, 7) is 13.4. The van der Waals surface area contributed by atoms with Crippen LogP contribution >= 0.6 is 0 Å². The number of nitrogens with one attached hydrogen (secondary N) is 2. The van der Waals surface area contributed by atoms with Crippen molar-refractivity contribution in [3.05, 3.63) is 0 Å². The Morgan fingerprint density at radius 1 is 1.15 bits per heavy atom. The number of likely N-dealkylation sites (N-methyl/N-ethyl adjacent to an activating group) is 1. The highest BCUT2D eigenvalue weighted by molar-refractivity contribution is 4.78. The molecule has 0 heterocycles. The van der Waals surface area contributed by atoms with Crippen molar-refractivity contribution in [3.8, 4) is 0 Å². The highest BCUT2D eigenvalue weighted by atomic mass is 15.0. The van der Waals surface area contributed by atoms with Crippen LogP contribution in [0.5, 0.6) is 0 Å². The number of hydrogen-bond acceptors (Lipinski definition) is 2. The summed E-state index contributed by atoms with van der Waals surface area (Å²) in [6.07, 6.45) is 0. The van der Waals surface area contributed by atoms with Gasteiger partial charge in [-0.05, 0) is 39.3 Å². The molecule has 0 aromatic carbocycles. The predicted octanol–water partition coefficient (Wildman–Crippen LogP) is 1.87. The van der Waals surface area contributed by atoms with E-state index in [4.69, 9.17) is 0 Å². The van der Waals surface area contributed by atoms with Crippen LogP contribution in [-0.4, -0.2) is 25.7 Å². The summed E-state index contributed by atoms with van der Waals surface area (Å²) < 4.78 is 0. The quantitative estimate of drug-likeness (QED) is 0.662. The van der Waals surface area contributed by atoms with Gasteiger partial charge in [-0.2, -0.15) is 0 Å². The molecule has 0 fully saturated rings. The van der Waals surface area contributed by atoms with Crippen LogP contribution in [0.4, 0.5) is 0 Å². The molecule has 0 aromatic rings. The Labute approximate surface area is 83.5 Å². The van der Waals surface area contributed by atoms with Crippen LogP contribution < -0.4 is 10.6 Å². The second kappa shape index (κ2) is 5.61. The van der Waals surface area contributed by atoms with Crippen molar-refractivity contribution in [1.29, 1.82) is 0 Å². The Bertz CT molecular complexity index is 130. The van der Waals surface area contributed by atoms with Crippen LogP contribution in [0.15, 0.2) is 0 Å². The highest BCUT2D eigenvalue weighted by Gasteiger charge is 2.14. The molecule has 2 N–H and O–H groups in total. The average Bonchev–Trinajstić information content (AvgIpc) is 2.04. The average molecular weight is 186 g/mol. The summed E-state index contributed by atoms with van der Waals surface area (Å²) in [6, 6.07) is 0. The molecule has 2 heteroatoms. The van der Waals surface area contributed by atoms with E-state index in [1.165, 1.54) is 0 Å². The Morgan fingerprint density at radius 3 is 2.08 bits per heavy atom.